The maximum atomic E-state index is 12.1. The second-order valence-electron chi connectivity index (χ2n) is 4.75. The van der Waals surface area contributed by atoms with Crippen LogP contribution in [0.15, 0.2) is 35.3 Å². The van der Waals surface area contributed by atoms with Gasteiger partial charge < -0.3 is 9.47 Å². The zero-order valence-corrected chi connectivity index (χ0v) is 12.3. The highest BCUT2D eigenvalue weighted by Gasteiger charge is 2.51. The van der Waals surface area contributed by atoms with Crippen molar-refractivity contribution >= 4 is 23.9 Å². The number of aryl methyl sites for hydroxylation is 1. The molecular weight excluding hydrogens is 270 g/mol. The normalized spacial score (nSPS) is 21.3. The lowest BCUT2D eigenvalue weighted by Gasteiger charge is -2.15. The van der Waals surface area contributed by atoms with Crippen LogP contribution < -0.4 is 0 Å². The predicted octanol–water partition coefficient (Wildman–Crippen LogP) is 2.29. The van der Waals surface area contributed by atoms with Crippen molar-refractivity contribution in [2.24, 2.45) is 4.99 Å². The van der Waals surface area contributed by atoms with Gasteiger partial charge in [0.15, 0.2) is 5.90 Å². The molecule has 1 aliphatic rings. The number of carbonyl (C=O) groups excluding carboxylic acids is 2. The summed E-state index contributed by atoms with van der Waals surface area (Å²) in [4.78, 5) is 28.2. The van der Waals surface area contributed by atoms with Gasteiger partial charge in [-0.1, -0.05) is 35.9 Å². The second-order valence-corrected chi connectivity index (χ2v) is 4.75. The number of cyclic esters (lactones) is 1. The summed E-state index contributed by atoms with van der Waals surface area (Å²) in [7, 11) is 0. The van der Waals surface area contributed by atoms with Gasteiger partial charge in [-0.15, -0.1) is 0 Å². The lowest BCUT2D eigenvalue weighted by Crippen LogP contribution is -2.42. The molecule has 5 nitrogen and oxygen atoms in total. The van der Waals surface area contributed by atoms with Crippen LogP contribution in [0.1, 0.15) is 25.0 Å². The second kappa shape index (κ2) is 5.91. The van der Waals surface area contributed by atoms with E-state index in [4.69, 9.17) is 9.47 Å². The molecule has 1 unspecified atom stereocenters. The zero-order valence-electron chi connectivity index (χ0n) is 12.3. The van der Waals surface area contributed by atoms with E-state index in [1.807, 2.05) is 31.2 Å². The third-order valence-corrected chi connectivity index (χ3v) is 3.07. The molecule has 1 aliphatic heterocycles. The fraction of sp³-hybridized carbons (Fsp3) is 0.312. The third kappa shape index (κ3) is 3.02. The summed E-state index contributed by atoms with van der Waals surface area (Å²) in [5, 5.41) is 0. The molecule has 0 spiro atoms. The Hall–Kier alpha value is -2.43. The fourth-order valence-corrected chi connectivity index (χ4v) is 1.97. The van der Waals surface area contributed by atoms with Crippen LogP contribution in [0, 0.1) is 6.92 Å². The van der Waals surface area contributed by atoms with Crippen molar-refractivity contribution in [2.45, 2.75) is 26.3 Å². The Morgan fingerprint density at radius 3 is 2.52 bits per heavy atom. The zero-order chi connectivity index (χ0) is 15.5. The number of ether oxygens (including phenoxy) is 2. The SMILES string of the molecule is CCOC(=O)C1(/C=C/c2ccc(C)cc2)N=C(C)OC1=O. The van der Waals surface area contributed by atoms with Gasteiger partial charge in [0, 0.05) is 6.92 Å². The third-order valence-electron chi connectivity index (χ3n) is 3.07. The van der Waals surface area contributed by atoms with Crippen molar-refractivity contribution in [3.8, 4) is 0 Å². The monoisotopic (exact) mass is 287 g/mol. The first-order valence-electron chi connectivity index (χ1n) is 6.70. The molecule has 0 aliphatic carbocycles. The molecule has 21 heavy (non-hydrogen) atoms. The molecule has 0 saturated carbocycles. The number of aliphatic imine (C=N–C) groups is 1. The van der Waals surface area contributed by atoms with Crippen LogP contribution in [0.4, 0.5) is 0 Å². The van der Waals surface area contributed by atoms with Crippen molar-refractivity contribution in [2.75, 3.05) is 6.61 Å². The van der Waals surface area contributed by atoms with Crippen molar-refractivity contribution in [1.29, 1.82) is 0 Å². The van der Waals surface area contributed by atoms with Gasteiger partial charge in [-0.2, -0.15) is 0 Å². The van der Waals surface area contributed by atoms with E-state index in [-0.39, 0.29) is 12.5 Å². The minimum Gasteiger partial charge on any atom is -0.463 e. The summed E-state index contributed by atoms with van der Waals surface area (Å²) < 4.78 is 9.87. The largest absolute Gasteiger partial charge is 0.463 e. The molecule has 110 valence electrons. The number of carbonyl (C=O) groups is 2. The van der Waals surface area contributed by atoms with Gasteiger partial charge in [0.1, 0.15) is 0 Å². The van der Waals surface area contributed by atoms with Crippen LogP contribution in [0.5, 0.6) is 0 Å². The maximum absolute atomic E-state index is 12.1. The molecule has 0 aromatic heterocycles. The number of rotatable bonds is 4. The molecule has 0 fully saturated rings. The molecule has 1 heterocycles. The summed E-state index contributed by atoms with van der Waals surface area (Å²) in [5.41, 5.74) is 0.253. The van der Waals surface area contributed by atoms with E-state index >= 15 is 0 Å². The standard InChI is InChI=1S/C16H17NO4/c1-4-20-14(18)16(15(19)21-12(3)17-16)10-9-13-7-5-11(2)6-8-13/h5-10H,4H2,1-3H3/b10-9+. The Kier molecular flexibility index (Phi) is 4.21. The maximum Gasteiger partial charge on any atom is 0.356 e. The first-order valence-corrected chi connectivity index (χ1v) is 6.70. The van der Waals surface area contributed by atoms with E-state index < -0.39 is 17.5 Å². The van der Waals surface area contributed by atoms with Crippen LogP contribution >= 0.6 is 0 Å². The highest BCUT2D eigenvalue weighted by molar-refractivity contribution is 6.15. The van der Waals surface area contributed by atoms with Crippen LogP contribution in [0.3, 0.4) is 0 Å². The van der Waals surface area contributed by atoms with Gasteiger partial charge in [0.05, 0.1) is 6.61 Å². The van der Waals surface area contributed by atoms with Gasteiger partial charge in [0.25, 0.3) is 5.54 Å². The van der Waals surface area contributed by atoms with Crippen LogP contribution in [-0.2, 0) is 19.1 Å². The lowest BCUT2D eigenvalue weighted by atomic mass is 9.99. The number of hydrogen-bond donors (Lipinski definition) is 0. The number of nitrogens with zero attached hydrogens (tertiary/aromatic N) is 1. The molecule has 2 rings (SSSR count). The Bertz CT molecular complexity index is 616. The van der Waals surface area contributed by atoms with E-state index in [0.29, 0.717) is 0 Å². The molecule has 0 bridgehead atoms. The Morgan fingerprint density at radius 1 is 1.33 bits per heavy atom. The predicted molar refractivity (Wildman–Crippen MR) is 78.8 cm³/mol. The first-order chi connectivity index (χ1) is 9.98. The van der Waals surface area contributed by atoms with Gasteiger partial charge in [-0.3, -0.25) is 0 Å². The average Bonchev–Trinajstić information content (AvgIpc) is 2.74. The van der Waals surface area contributed by atoms with Gasteiger partial charge >= 0.3 is 11.9 Å². The highest BCUT2D eigenvalue weighted by Crippen LogP contribution is 2.25. The van der Waals surface area contributed by atoms with Crippen molar-refractivity contribution < 1.29 is 19.1 Å². The number of esters is 2. The molecule has 0 amide bonds. The van der Waals surface area contributed by atoms with E-state index in [1.165, 1.54) is 13.0 Å². The first kappa shape index (κ1) is 15.0. The molecule has 1 atom stereocenters. The Balaban J connectivity index is 2.35. The van der Waals surface area contributed by atoms with E-state index in [0.717, 1.165) is 11.1 Å². The number of hydrogen-bond acceptors (Lipinski definition) is 5. The summed E-state index contributed by atoms with van der Waals surface area (Å²) in [6.07, 6.45) is 3.09. The van der Waals surface area contributed by atoms with Gasteiger partial charge in [-0.05, 0) is 25.5 Å². The minimum absolute atomic E-state index is 0.154. The summed E-state index contributed by atoms with van der Waals surface area (Å²) in [6.45, 7) is 5.35. The highest BCUT2D eigenvalue weighted by atomic mass is 16.6. The molecule has 1 aromatic carbocycles. The Morgan fingerprint density at radius 2 is 2.00 bits per heavy atom. The number of benzene rings is 1. The van der Waals surface area contributed by atoms with Crippen molar-refractivity contribution in [3.05, 3.63) is 41.5 Å². The average molecular weight is 287 g/mol. The van der Waals surface area contributed by atoms with Crippen molar-refractivity contribution in [1.82, 2.24) is 0 Å². The van der Waals surface area contributed by atoms with Crippen LogP contribution in [-0.4, -0.2) is 30.0 Å². The van der Waals surface area contributed by atoms with Gasteiger partial charge in [-0.25, -0.2) is 14.6 Å². The topological polar surface area (TPSA) is 65.0 Å². The smallest absolute Gasteiger partial charge is 0.356 e. The van der Waals surface area contributed by atoms with E-state index in [9.17, 15) is 9.59 Å². The molecule has 5 heteroatoms. The molecule has 1 aromatic rings. The minimum atomic E-state index is -1.73. The van der Waals surface area contributed by atoms with Crippen molar-refractivity contribution in [3.63, 3.8) is 0 Å². The summed E-state index contributed by atoms with van der Waals surface area (Å²) >= 11 is 0. The molecule has 0 radical (unpaired) electrons. The molecule has 0 saturated heterocycles. The quantitative estimate of drug-likeness (QED) is 0.629. The Labute approximate surface area is 123 Å². The molecular formula is C16H17NO4. The van der Waals surface area contributed by atoms with Crippen LogP contribution in [0.25, 0.3) is 6.08 Å². The lowest BCUT2D eigenvalue weighted by molar-refractivity contribution is -0.155. The fourth-order valence-electron chi connectivity index (χ4n) is 1.97. The summed E-state index contributed by atoms with van der Waals surface area (Å²) in [6, 6.07) is 7.67. The van der Waals surface area contributed by atoms with E-state index in [1.54, 1.807) is 13.0 Å². The van der Waals surface area contributed by atoms with Gasteiger partial charge in [0.2, 0.25) is 0 Å². The van der Waals surface area contributed by atoms with Crippen LogP contribution in [0.2, 0.25) is 0 Å². The molecule has 0 N–H and O–H groups in total. The summed E-state index contributed by atoms with van der Waals surface area (Å²) in [5.74, 6) is -1.31. The van der Waals surface area contributed by atoms with E-state index in [2.05, 4.69) is 4.99 Å².